The van der Waals surface area contributed by atoms with Gasteiger partial charge in [0.1, 0.15) is 0 Å². The summed E-state index contributed by atoms with van der Waals surface area (Å²) in [6.07, 6.45) is 2.85. The lowest BCUT2D eigenvalue weighted by Crippen LogP contribution is -2.53. The van der Waals surface area contributed by atoms with E-state index in [9.17, 15) is 14.7 Å². The summed E-state index contributed by atoms with van der Waals surface area (Å²) in [6, 6.07) is 8.18. The highest BCUT2D eigenvalue weighted by atomic mass is 32.2. The number of amides is 2. The molecule has 0 saturated heterocycles. The number of carbonyl (C=O) groups excluding carboxylic acids is 1. The summed E-state index contributed by atoms with van der Waals surface area (Å²) >= 11 is 1.70. The predicted octanol–water partition coefficient (Wildman–Crippen LogP) is 2.04. The molecule has 0 fully saturated rings. The van der Waals surface area contributed by atoms with Gasteiger partial charge in [-0.25, -0.2) is 9.59 Å². The molecule has 3 N–H and O–H groups in total. The van der Waals surface area contributed by atoms with Gasteiger partial charge in [0.25, 0.3) is 0 Å². The van der Waals surface area contributed by atoms with Crippen molar-refractivity contribution in [2.24, 2.45) is 0 Å². The average Bonchev–Trinajstić information content (AvgIpc) is 2.44. The Morgan fingerprint density at radius 2 is 1.95 bits per heavy atom. The molecule has 1 aromatic rings. The zero-order valence-corrected chi connectivity index (χ0v) is 12.5. The molecule has 0 aliphatic carbocycles. The Morgan fingerprint density at radius 3 is 2.50 bits per heavy atom. The lowest BCUT2D eigenvalue weighted by Gasteiger charge is -2.26. The quantitative estimate of drug-likeness (QED) is 0.673. The molecule has 5 nitrogen and oxygen atoms in total. The minimum atomic E-state index is -1.44. The molecular weight excluding hydrogens is 276 g/mol. The molecule has 1 atom stereocenters. The van der Waals surface area contributed by atoms with Crippen molar-refractivity contribution < 1.29 is 14.7 Å². The Kier molecular flexibility index (Phi) is 6.38. The fourth-order valence-corrected chi connectivity index (χ4v) is 2.14. The molecule has 6 heteroatoms. The second kappa shape index (κ2) is 7.79. The van der Waals surface area contributed by atoms with Crippen LogP contribution in [0.1, 0.15) is 18.9 Å². The van der Waals surface area contributed by atoms with E-state index in [0.717, 1.165) is 12.2 Å². The van der Waals surface area contributed by atoms with Gasteiger partial charge in [0.05, 0.1) is 0 Å². The van der Waals surface area contributed by atoms with Crippen LogP contribution in [0, 0.1) is 0 Å². The van der Waals surface area contributed by atoms with Crippen molar-refractivity contribution >= 4 is 23.8 Å². The van der Waals surface area contributed by atoms with Crippen LogP contribution in [0.4, 0.5) is 4.79 Å². The summed E-state index contributed by atoms with van der Waals surface area (Å²) in [6.45, 7) is 2.00. The van der Waals surface area contributed by atoms with Gasteiger partial charge >= 0.3 is 12.0 Å². The molecule has 0 aromatic heterocycles. The van der Waals surface area contributed by atoms with Gasteiger partial charge in [-0.1, -0.05) is 30.3 Å². The second-order valence-electron chi connectivity index (χ2n) is 4.52. The first-order valence-corrected chi connectivity index (χ1v) is 7.74. The molecule has 110 valence electrons. The number of urea groups is 1. The highest BCUT2D eigenvalue weighted by Gasteiger charge is 2.36. The summed E-state index contributed by atoms with van der Waals surface area (Å²) in [4.78, 5) is 23.3. The number of rotatable bonds is 7. The van der Waals surface area contributed by atoms with E-state index in [4.69, 9.17) is 0 Å². The summed E-state index contributed by atoms with van der Waals surface area (Å²) in [5.74, 6) is -0.141. The molecule has 0 aliphatic heterocycles. The lowest BCUT2D eigenvalue weighted by molar-refractivity contribution is -0.144. The minimum Gasteiger partial charge on any atom is -0.479 e. The molecule has 1 unspecified atom stereocenters. The molecule has 0 heterocycles. The highest BCUT2D eigenvalue weighted by molar-refractivity contribution is 7.98. The topological polar surface area (TPSA) is 78.4 Å². The number of carbonyl (C=O) groups is 2. The van der Waals surface area contributed by atoms with Gasteiger partial charge in [-0.05, 0) is 30.9 Å². The monoisotopic (exact) mass is 296 g/mol. The van der Waals surface area contributed by atoms with Crippen LogP contribution in [0.3, 0.4) is 0 Å². The molecular formula is C14H20N2O3S. The summed E-state index contributed by atoms with van der Waals surface area (Å²) in [7, 11) is 0. The third-order valence-electron chi connectivity index (χ3n) is 2.95. The number of hydrogen-bond acceptors (Lipinski definition) is 3. The van der Waals surface area contributed by atoms with Crippen molar-refractivity contribution in [2.75, 3.05) is 18.6 Å². The zero-order chi connectivity index (χ0) is 15.0. The molecule has 0 spiro atoms. The van der Waals surface area contributed by atoms with E-state index in [-0.39, 0.29) is 0 Å². The van der Waals surface area contributed by atoms with E-state index >= 15 is 0 Å². The minimum absolute atomic E-state index is 0.472. The second-order valence-corrected chi connectivity index (χ2v) is 5.51. The molecule has 0 saturated carbocycles. The van der Waals surface area contributed by atoms with Crippen LogP contribution in [0.5, 0.6) is 0 Å². The van der Waals surface area contributed by atoms with Crippen LogP contribution < -0.4 is 10.6 Å². The number of thioether (sulfide) groups is 1. The van der Waals surface area contributed by atoms with Crippen molar-refractivity contribution in [3.8, 4) is 0 Å². The van der Waals surface area contributed by atoms with E-state index in [2.05, 4.69) is 10.6 Å². The van der Waals surface area contributed by atoms with Crippen LogP contribution in [-0.4, -0.2) is 35.7 Å². The number of carboxylic acids is 1. The van der Waals surface area contributed by atoms with Gasteiger partial charge in [-0.3, -0.25) is 0 Å². The van der Waals surface area contributed by atoms with E-state index in [1.807, 2.05) is 6.26 Å². The molecule has 1 aromatic carbocycles. The Bertz CT molecular complexity index is 453. The molecule has 0 radical (unpaired) electrons. The van der Waals surface area contributed by atoms with Crippen molar-refractivity contribution in [3.63, 3.8) is 0 Å². The van der Waals surface area contributed by atoms with E-state index < -0.39 is 17.5 Å². The van der Waals surface area contributed by atoms with E-state index in [1.165, 1.54) is 6.92 Å². The maximum atomic E-state index is 11.8. The van der Waals surface area contributed by atoms with Gasteiger partial charge in [0.2, 0.25) is 0 Å². The number of hydrogen-bond donors (Lipinski definition) is 3. The number of carboxylic acid groups (broad SMARTS) is 1. The zero-order valence-electron chi connectivity index (χ0n) is 11.7. The number of benzene rings is 1. The Morgan fingerprint density at radius 1 is 1.30 bits per heavy atom. The molecule has 1 rings (SSSR count). The predicted molar refractivity (Wildman–Crippen MR) is 81.0 cm³/mol. The summed E-state index contributed by atoms with van der Waals surface area (Å²) in [5, 5.41) is 14.6. The van der Waals surface area contributed by atoms with Crippen molar-refractivity contribution in [3.05, 3.63) is 35.9 Å². The standard InChI is InChI=1S/C14H20N2O3S/c1-14(12(17)18,11-7-4-3-5-8-11)16-13(19)15-9-6-10-20-2/h3-5,7-8H,6,9-10H2,1-2H3,(H,17,18)(H2,15,16,19). The Labute approximate surface area is 123 Å². The molecule has 0 bridgehead atoms. The largest absolute Gasteiger partial charge is 0.479 e. The van der Waals surface area contributed by atoms with Gasteiger partial charge in [-0.2, -0.15) is 11.8 Å². The number of aliphatic carboxylic acids is 1. The van der Waals surface area contributed by atoms with Crippen LogP contribution in [-0.2, 0) is 10.3 Å². The third-order valence-corrected chi connectivity index (χ3v) is 3.65. The normalized spacial score (nSPS) is 13.3. The van der Waals surface area contributed by atoms with Crippen molar-refractivity contribution in [1.29, 1.82) is 0 Å². The fraction of sp³-hybridized carbons (Fsp3) is 0.429. The molecule has 0 aliphatic rings. The van der Waals surface area contributed by atoms with Crippen molar-refractivity contribution in [2.45, 2.75) is 18.9 Å². The average molecular weight is 296 g/mol. The Hall–Kier alpha value is -1.69. The first-order valence-electron chi connectivity index (χ1n) is 6.34. The van der Waals surface area contributed by atoms with Gasteiger partial charge < -0.3 is 15.7 Å². The Balaban J connectivity index is 2.68. The fourth-order valence-electron chi connectivity index (χ4n) is 1.71. The third kappa shape index (κ3) is 4.45. The van der Waals surface area contributed by atoms with Crippen molar-refractivity contribution in [1.82, 2.24) is 10.6 Å². The lowest BCUT2D eigenvalue weighted by atomic mass is 9.92. The number of nitrogens with one attached hydrogen (secondary N) is 2. The van der Waals surface area contributed by atoms with Crippen LogP contribution >= 0.6 is 11.8 Å². The van der Waals surface area contributed by atoms with Gasteiger partial charge in [0, 0.05) is 6.54 Å². The van der Waals surface area contributed by atoms with Gasteiger partial charge in [-0.15, -0.1) is 0 Å². The first-order chi connectivity index (χ1) is 9.50. The first kappa shape index (κ1) is 16.4. The maximum absolute atomic E-state index is 11.8. The van der Waals surface area contributed by atoms with Gasteiger partial charge in [0.15, 0.2) is 5.54 Å². The maximum Gasteiger partial charge on any atom is 0.333 e. The smallest absolute Gasteiger partial charge is 0.333 e. The highest BCUT2D eigenvalue weighted by Crippen LogP contribution is 2.20. The molecule has 20 heavy (non-hydrogen) atoms. The van der Waals surface area contributed by atoms with E-state index in [1.54, 1.807) is 42.1 Å². The van der Waals surface area contributed by atoms with Crippen LogP contribution in [0.15, 0.2) is 30.3 Å². The summed E-state index contributed by atoms with van der Waals surface area (Å²) < 4.78 is 0. The SMILES string of the molecule is CSCCCNC(=O)NC(C)(C(=O)O)c1ccccc1. The molecule has 2 amide bonds. The van der Waals surface area contributed by atoms with Crippen LogP contribution in [0.25, 0.3) is 0 Å². The van der Waals surface area contributed by atoms with E-state index in [0.29, 0.717) is 12.1 Å². The van der Waals surface area contributed by atoms with Crippen LogP contribution in [0.2, 0.25) is 0 Å². The summed E-state index contributed by atoms with van der Waals surface area (Å²) in [5.41, 5.74) is -0.906.